The maximum absolute atomic E-state index is 12.4. The Morgan fingerprint density at radius 2 is 2.05 bits per heavy atom. The fraction of sp³-hybridized carbons (Fsp3) is 0.333. The average molecular weight is 307 g/mol. The molecule has 1 amide bonds. The number of halogens is 1. The second-order valence-corrected chi connectivity index (χ2v) is 5.55. The molecule has 1 atom stereocenters. The van der Waals surface area contributed by atoms with E-state index in [1.807, 2.05) is 26.8 Å². The van der Waals surface area contributed by atoms with Crippen molar-refractivity contribution >= 4 is 28.9 Å². The van der Waals surface area contributed by atoms with Gasteiger partial charge < -0.3 is 11.1 Å². The number of aryl methyl sites for hydroxylation is 2. The van der Waals surface area contributed by atoms with Crippen LogP contribution in [0.1, 0.15) is 29.9 Å². The number of hydrogen-bond acceptors (Lipinski definition) is 3. The van der Waals surface area contributed by atoms with E-state index in [-0.39, 0.29) is 5.91 Å². The van der Waals surface area contributed by atoms with Crippen LogP contribution >= 0.6 is 11.6 Å². The molecule has 2 aromatic rings. The number of nitrogens with one attached hydrogen (secondary N) is 1. The Balaban J connectivity index is 2.23. The number of hydrogen-bond donors (Lipinski definition) is 2. The van der Waals surface area contributed by atoms with Crippen LogP contribution in [0.4, 0.5) is 11.4 Å². The van der Waals surface area contributed by atoms with Gasteiger partial charge in [0, 0.05) is 11.4 Å². The lowest BCUT2D eigenvalue weighted by Crippen LogP contribution is -2.25. The van der Waals surface area contributed by atoms with Crippen LogP contribution in [0, 0.1) is 20.8 Å². The lowest BCUT2D eigenvalue weighted by molar-refractivity contribution is -0.119. The van der Waals surface area contributed by atoms with E-state index in [4.69, 9.17) is 17.3 Å². The first-order valence-corrected chi connectivity index (χ1v) is 7.07. The fourth-order valence-corrected chi connectivity index (χ4v) is 2.27. The third-order valence-electron chi connectivity index (χ3n) is 3.50. The van der Waals surface area contributed by atoms with Crippen LogP contribution in [0.3, 0.4) is 0 Å². The molecule has 0 saturated carbocycles. The molecule has 0 radical (unpaired) electrons. The zero-order chi connectivity index (χ0) is 15.7. The summed E-state index contributed by atoms with van der Waals surface area (Å²) in [6, 6.07) is 4.95. The van der Waals surface area contributed by atoms with Gasteiger partial charge in [-0.15, -0.1) is 0 Å². The first-order valence-electron chi connectivity index (χ1n) is 6.69. The number of anilines is 2. The molecular formula is C15H19ClN4O. The molecule has 1 aromatic carbocycles. The highest BCUT2D eigenvalue weighted by Gasteiger charge is 2.21. The second-order valence-electron chi connectivity index (χ2n) is 5.17. The molecule has 0 aliphatic heterocycles. The Kier molecular flexibility index (Phi) is 4.23. The first-order chi connectivity index (χ1) is 9.81. The molecule has 0 aliphatic carbocycles. The van der Waals surface area contributed by atoms with Gasteiger partial charge in [-0.3, -0.25) is 9.48 Å². The summed E-state index contributed by atoms with van der Waals surface area (Å²) in [4.78, 5) is 12.4. The molecule has 0 spiro atoms. The number of carbonyl (C=O) groups is 1. The average Bonchev–Trinajstić information content (AvgIpc) is 2.69. The summed E-state index contributed by atoms with van der Waals surface area (Å²) in [6.45, 7) is 7.36. The quantitative estimate of drug-likeness (QED) is 0.855. The maximum Gasteiger partial charge on any atom is 0.248 e. The fourth-order valence-electron chi connectivity index (χ4n) is 2.14. The Labute approximate surface area is 129 Å². The number of amides is 1. The van der Waals surface area contributed by atoms with E-state index in [2.05, 4.69) is 10.4 Å². The number of nitrogen functional groups attached to an aromatic ring is 1. The number of rotatable bonds is 3. The van der Waals surface area contributed by atoms with Crippen molar-refractivity contribution in [3.8, 4) is 0 Å². The third-order valence-corrected chi connectivity index (χ3v) is 4.05. The van der Waals surface area contributed by atoms with Crippen molar-refractivity contribution in [1.29, 1.82) is 0 Å². The molecule has 3 N–H and O–H groups in total. The smallest absolute Gasteiger partial charge is 0.248 e. The van der Waals surface area contributed by atoms with Crippen molar-refractivity contribution in [2.75, 3.05) is 11.1 Å². The summed E-state index contributed by atoms with van der Waals surface area (Å²) < 4.78 is 1.63. The highest BCUT2D eigenvalue weighted by molar-refractivity contribution is 6.31. The molecule has 5 nitrogen and oxygen atoms in total. The number of carbonyl (C=O) groups excluding carboxylic acids is 1. The van der Waals surface area contributed by atoms with Gasteiger partial charge in [0.15, 0.2) is 0 Å². The third kappa shape index (κ3) is 3.03. The summed E-state index contributed by atoms with van der Waals surface area (Å²) in [5, 5.41) is 7.79. The molecule has 0 saturated heterocycles. The van der Waals surface area contributed by atoms with Gasteiger partial charge in [-0.25, -0.2) is 0 Å². The summed E-state index contributed by atoms with van der Waals surface area (Å²) in [5.74, 6) is -0.161. The van der Waals surface area contributed by atoms with Crippen LogP contribution < -0.4 is 11.1 Å². The number of aromatic nitrogens is 2. The highest BCUT2D eigenvalue weighted by Crippen LogP contribution is 2.24. The molecule has 1 unspecified atom stereocenters. The largest absolute Gasteiger partial charge is 0.399 e. The van der Waals surface area contributed by atoms with E-state index in [0.29, 0.717) is 22.1 Å². The zero-order valence-electron chi connectivity index (χ0n) is 12.6. The molecule has 1 heterocycles. The van der Waals surface area contributed by atoms with Crippen molar-refractivity contribution in [3.63, 3.8) is 0 Å². The lowest BCUT2D eigenvalue weighted by Gasteiger charge is -2.16. The van der Waals surface area contributed by atoms with Crippen LogP contribution in [0.2, 0.25) is 5.02 Å². The standard InChI is InChI=1S/C15H19ClN4O/c1-8-5-6-12(17)7-13(8)18-15(21)11(4)20-10(3)14(16)9(2)19-20/h5-7,11H,17H2,1-4H3,(H,18,21). The second kappa shape index (κ2) is 5.77. The van der Waals surface area contributed by atoms with Crippen LogP contribution in [0.5, 0.6) is 0 Å². The van der Waals surface area contributed by atoms with E-state index in [0.717, 1.165) is 11.3 Å². The predicted octanol–water partition coefficient (Wildman–Crippen LogP) is 3.24. The molecular weight excluding hydrogens is 288 g/mol. The van der Waals surface area contributed by atoms with Crippen molar-refractivity contribution in [1.82, 2.24) is 9.78 Å². The maximum atomic E-state index is 12.4. The van der Waals surface area contributed by atoms with Crippen molar-refractivity contribution in [2.45, 2.75) is 33.7 Å². The summed E-state index contributed by atoms with van der Waals surface area (Å²) in [5.41, 5.74) is 9.52. The van der Waals surface area contributed by atoms with E-state index >= 15 is 0 Å². The van der Waals surface area contributed by atoms with Gasteiger partial charge >= 0.3 is 0 Å². The normalized spacial score (nSPS) is 12.2. The summed E-state index contributed by atoms with van der Waals surface area (Å²) in [6.07, 6.45) is 0. The van der Waals surface area contributed by atoms with Crippen molar-refractivity contribution in [3.05, 3.63) is 40.2 Å². The molecule has 112 valence electrons. The SMILES string of the molecule is Cc1ccc(N)cc1NC(=O)C(C)n1nc(C)c(Cl)c1C. The van der Waals surface area contributed by atoms with Gasteiger partial charge in [0.25, 0.3) is 0 Å². The minimum atomic E-state index is -0.461. The van der Waals surface area contributed by atoms with Crippen LogP contribution in [-0.4, -0.2) is 15.7 Å². The highest BCUT2D eigenvalue weighted by atomic mass is 35.5. The monoisotopic (exact) mass is 306 g/mol. The van der Waals surface area contributed by atoms with E-state index in [9.17, 15) is 4.79 Å². The van der Waals surface area contributed by atoms with Gasteiger partial charge in [0.1, 0.15) is 6.04 Å². The Morgan fingerprint density at radius 3 is 2.62 bits per heavy atom. The summed E-state index contributed by atoms with van der Waals surface area (Å²) >= 11 is 6.12. The van der Waals surface area contributed by atoms with Crippen LogP contribution in [-0.2, 0) is 4.79 Å². The van der Waals surface area contributed by atoms with Crippen molar-refractivity contribution in [2.24, 2.45) is 0 Å². The topological polar surface area (TPSA) is 72.9 Å². The lowest BCUT2D eigenvalue weighted by atomic mass is 10.1. The minimum absolute atomic E-state index is 0.161. The molecule has 1 aromatic heterocycles. The molecule has 0 bridgehead atoms. The number of benzene rings is 1. The predicted molar refractivity (Wildman–Crippen MR) is 85.6 cm³/mol. The van der Waals surface area contributed by atoms with Gasteiger partial charge in [-0.05, 0) is 45.4 Å². The van der Waals surface area contributed by atoms with Gasteiger partial charge in [-0.1, -0.05) is 17.7 Å². The van der Waals surface area contributed by atoms with Crippen molar-refractivity contribution < 1.29 is 4.79 Å². The van der Waals surface area contributed by atoms with E-state index < -0.39 is 6.04 Å². The van der Waals surface area contributed by atoms with Gasteiger partial charge in [0.2, 0.25) is 5.91 Å². The number of nitrogens with zero attached hydrogens (tertiary/aromatic N) is 2. The zero-order valence-corrected chi connectivity index (χ0v) is 13.3. The van der Waals surface area contributed by atoms with Crippen LogP contribution in [0.25, 0.3) is 0 Å². The van der Waals surface area contributed by atoms with E-state index in [1.165, 1.54) is 0 Å². The Morgan fingerprint density at radius 1 is 1.38 bits per heavy atom. The molecule has 21 heavy (non-hydrogen) atoms. The summed E-state index contributed by atoms with van der Waals surface area (Å²) in [7, 11) is 0. The van der Waals surface area contributed by atoms with Gasteiger partial charge in [-0.2, -0.15) is 5.10 Å². The minimum Gasteiger partial charge on any atom is -0.399 e. The van der Waals surface area contributed by atoms with E-state index in [1.54, 1.807) is 23.7 Å². The van der Waals surface area contributed by atoms with Gasteiger partial charge in [0.05, 0.1) is 16.4 Å². The molecule has 6 heteroatoms. The first kappa shape index (κ1) is 15.4. The van der Waals surface area contributed by atoms with Crippen LogP contribution in [0.15, 0.2) is 18.2 Å². The number of nitrogens with two attached hydrogens (primary N) is 1. The Hall–Kier alpha value is -2.01. The Bertz CT molecular complexity index is 693. The molecule has 0 fully saturated rings. The molecule has 2 rings (SSSR count). The molecule has 0 aliphatic rings.